The Morgan fingerprint density at radius 2 is 1.64 bits per heavy atom. The third-order valence-electron chi connectivity index (χ3n) is 4.66. The van der Waals surface area contributed by atoms with Gasteiger partial charge in [-0.2, -0.15) is 0 Å². The van der Waals surface area contributed by atoms with Gasteiger partial charge >= 0.3 is 11.9 Å². The molecule has 2 aromatic carbocycles. The number of rotatable bonds is 5. The molecule has 2 aromatic rings. The monoisotopic (exact) mass is 377 g/mol. The van der Waals surface area contributed by atoms with Gasteiger partial charge in [0.15, 0.2) is 0 Å². The van der Waals surface area contributed by atoms with Gasteiger partial charge in [0.1, 0.15) is 5.70 Å². The molecule has 1 aliphatic heterocycles. The average Bonchev–Trinajstić information content (AvgIpc) is 2.96. The van der Waals surface area contributed by atoms with Gasteiger partial charge in [-0.15, -0.1) is 0 Å². The van der Waals surface area contributed by atoms with Gasteiger partial charge in [0, 0.05) is 11.6 Å². The molecule has 0 unspecified atom stereocenters. The Morgan fingerprint density at radius 3 is 2.32 bits per heavy atom. The lowest BCUT2D eigenvalue weighted by molar-refractivity contribution is -0.139. The predicted molar refractivity (Wildman–Crippen MR) is 110 cm³/mol. The summed E-state index contributed by atoms with van der Waals surface area (Å²) in [5.41, 5.74) is 2.29. The van der Waals surface area contributed by atoms with Gasteiger partial charge in [0.25, 0.3) is 0 Å². The largest absolute Gasteiger partial charge is 0.465 e. The van der Waals surface area contributed by atoms with Crippen molar-refractivity contribution in [3.8, 4) is 0 Å². The molecule has 5 heteroatoms. The summed E-state index contributed by atoms with van der Waals surface area (Å²) >= 11 is 0. The molecular weight excluding hydrogens is 354 g/mol. The van der Waals surface area contributed by atoms with Crippen LogP contribution in [0.5, 0.6) is 0 Å². The SMILES string of the molecule is CCCc1ccc(N2C=CC=CC(C(=O)OC)=C2C(=O)OC)c2ccccc12. The normalized spacial score (nSPS) is 13.6. The second-order valence-corrected chi connectivity index (χ2v) is 6.36. The molecule has 0 amide bonds. The fourth-order valence-corrected chi connectivity index (χ4v) is 3.39. The number of esters is 2. The minimum absolute atomic E-state index is 0.118. The average molecular weight is 377 g/mol. The first-order chi connectivity index (χ1) is 13.6. The molecule has 0 aromatic heterocycles. The Labute approximate surface area is 164 Å². The lowest BCUT2D eigenvalue weighted by Crippen LogP contribution is -2.27. The van der Waals surface area contributed by atoms with Crippen LogP contribution < -0.4 is 4.90 Å². The van der Waals surface area contributed by atoms with E-state index < -0.39 is 11.9 Å². The highest BCUT2D eigenvalue weighted by atomic mass is 16.5. The third-order valence-corrected chi connectivity index (χ3v) is 4.66. The zero-order valence-electron chi connectivity index (χ0n) is 16.3. The van der Waals surface area contributed by atoms with Gasteiger partial charge in [0.05, 0.1) is 25.5 Å². The summed E-state index contributed by atoms with van der Waals surface area (Å²) in [5.74, 6) is -1.21. The van der Waals surface area contributed by atoms with E-state index in [4.69, 9.17) is 9.47 Å². The van der Waals surface area contributed by atoms with E-state index in [2.05, 4.69) is 19.1 Å². The minimum Gasteiger partial charge on any atom is -0.465 e. The van der Waals surface area contributed by atoms with Crippen molar-refractivity contribution in [3.05, 3.63) is 77.7 Å². The smallest absolute Gasteiger partial charge is 0.355 e. The quantitative estimate of drug-likeness (QED) is 0.728. The van der Waals surface area contributed by atoms with Crippen LogP contribution in [0.15, 0.2) is 72.1 Å². The van der Waals surface area contributed by atoms with Crippen molar-refractivity contribution in [2.75, 3.05) is 19.1 Å². The number of carbonyl (C=O) groups is 2. The third kappa shape index (κ3) is 3.56. The van der Waals surface area contributed by atoms with Gasteiger partial charge in [-0.3, -0.25) is 0 Å². The number of nitrogens with zero attached hydrogens (tertiary/aromatic N) is 1. The van der Waals surface area contributed by atoms with Crippen LogP contribution in [0.25, 0.3) is 10.8 Å². The molecule has 5 nitrogen and oxygen atoms in total. The zero-order valence-corrected chi connectivity index (χ0v) is 16.3. The van der Waals surface area contributed by atoms with Gasteiger partial charge in [-0.25, -0.2) is 9.59 Å². The van der Waals surface area contributed by atoms with Gasteiger partial charge in [0.2, 0.25) is 0 Å². The second-order valence-electron chi connectivity index (χ2n) is 6.36. The maximum atomic E-state index is 12.6. The van der Waals surface area contributed by atoms with E-state index in [0.29, 0.717) is 0 Å². The summed E-state index contributed by atoms with van der Waals surface area (Å²) in [7, 11) is 2.58. The maximum Gasteiger partial charge on any atom is 0.355 e. The van der Waals surface area contributed by atoms with E-state index in [1.54, 1.807) is 29.3 Å². The topological polar surface area (TPSA) is 55.8 Å². The first kappa shape index (κ1) is 19.4. The highest BCUT2D eigenvalue weighted by Crippen LogP contribution is 2.34. The molecule has 28 heavy (non-hydrogen) atoms. The van der Waals surface area contributed by atoms with Crippen LogP contribution in [0.3, 0.4) is 0 Å². The van der Waals surface area contributed by atoms with Crippen LogP contribution in [0.2, 0.25) is 0 Å². The van der Waals surface area contributed by atoms with Crippen LogP contribution in [0, 0.1) is 0 Å². The number of carbonyl (C=O) groups excluding carboxylic acids is 2. The lowest BCUT2D eigenvalue weighted by Gasteiger charge is -2.25. The molecular formula is C23H23NO4. The van der Waals surface area contributed by atoms with Crippen molar-refractivity contribution in [1.29, 1.82) is 0 Å². The Bertz CT molecular complexity index is 1000. The van der Waals surface area contributed by atoms with Crippen molar-refractivity contribution >= 4 is 28.4 Å². The molecule has 0 atom stereocenters. The molecule has 0 N–H and O–H groups in total. The highest BCUT2D eigenvalue weighted by molar-refractivity contribution is 6.08. The summed E-state index contributed by atoms with van der Waals surface area (Å²) in [5, 5.41) is 2.11. The summed E-state index contributed by atoms with van der Waals surface area (Å²) in [4.78, 5) is 26.7. The molecule has 0 fully saturated rings. The number of aryl methyl sites for hydroxylation is 1. The number of benzene rings is 2. The molecule has 0 aliphatic carbocycles. The first-order valence-corrected chi connectivity index (χ1v) is 9.18. The molecule has 0 saturated carbocycles. The number of anilines is 1. The summed E-state index contributed by atoms with van der Waals surface area (Å²) in [6.07, 6.45) is 8.78. The van der Waals surface area contributed by atoms with Crippen molar-refractivity contribution in [3.63, 3.8) is 0 Å². The predicted octanol–water partition coefficient (Wildman–Crippen LogP) is 4.28. The number of ether oxygens (including phenoxy) is 2. The molecule has 1 aliphatic rings. The number of allylic oxidation sites excluding steroid dienone is 2. The van der Waals surface area contributed by atoms with Crippen molar-refractivity contribution in [2.24, 2.45) is 0 Å². The van der Waals surface area contributed by atoms with E-state index in [0.717, 1.165) is 29.3 Å². The van der Waals surface area contributed by atoms with E-state index in [9.17, 15) is 9.59 Å². The highest BCUT2D eigenvalue weighted by Gasteiger charge is 2.28. The van der Waals surface area contributed by atoms with Gasteiger partial charge in [-0.05, 0) is 35.6 Å². The number of hydrogen-bond acceptors (Lipinski definition) is 5. The Morgan fingerprint density at radius 1 is 0.929 bits per heavy atom. The fraction of sp³-hybridized carbons (Fsp3) is 0.217. The van der Waals surface area contributed by atoms with Crippen molar-refractivity contribution in [1.82, 2.24) is 0 Å². The summed E-state index contributed by atoms with van der Waals surface area (Å²) < 4.78 is 9.86. The molecule has 3 rings (SSSR count). The van der Waals surface area contributed by atoms with Crippen LogP contribution in [0.4, 0.5) is 5.69 Å². The Hall–Kier alpha value is -3.34. The van der Waals surface area contributed by atoms with E-state index in [-0.39, 0.29) is 11.3 Å². The number of hydrogen-bond donors (Lipinski definition) is 0. The van der Waals surface area contributed by atoms with E-state index in [1.807, 2.05) is 24.3 Å². The standard InChI is InChI=1S/C23H23NO4/c1-4-9-16-13-14-20(18-11-6-5-10-17(16)18)24-15-8-7-12-19(22(25)27-2)21(24)23(26)28-3/h5-8,10-15H,4,9H2,1-3H3. The van der Waals surface area contributed by atoms with Crippen LogP contribution in [0.1, 0.15) is 18.9 Å². The molecule has 0 bridgehead atoms. The van der Waals surface area contributed by atoms with E-state index >= 15 is 0 Å². The minimum atomic E-state index is -0.613. The van der Waals surface area contributed by atoms with Crippen molar-refractivity contribution in [2.45, 2.75) is 19.8 Å². The molecule has 0 saturated heterocycles. The Balaban J connectivity index is 2.28. The fourth-order valence-electron chi connectivity index (χ4n) is 3.39. The van der Waals surface area contributed by atoms with Crippen LogP contribution in [-0.4, -0.2) is 26.2 Å². The molecule has 1 heterocycles. The van der Waals surface area contributed by atoms with Crippen LogP contribution in [-0.2, 0) is 25.5 Å². The zero-order chi connectivity index (χ0) is 20.1. The first-order valence-electron chi connectivity index (χ1n) is 9.18. The number of fused-ring (bicyclic) bond motifs is 1. The maximum absolute atomic E-state index is 12.6. The van der Waals surface area contributed by atoms with E-state index in [1.165, 1.54) is 19.8 Å². The second kappa shape index (κ2) is 8.57. The lowest BCUT2D eigenvalue weighted by atomic mass is 9.99. The van der Waals surface area contributed by atoms with Crippen molar-refractivity contribution < 1.29 is 19.1 Å². The van der Waals surface area contributed by atoms with Crippen LogP contribution >= 0.6 is 0 Å². The van der Waals surface area contributed by atoms with Gasteiger partial charge in [-0.1, -0.05) is 49.8 Å². The van der Waals surface area contributed by atoms with Gasteiger partial charge < -0.3 is 14.4 Å². The molecule has 144 valence electrons. The summed E-state index contributed by atoms with van der Waals surface area (Å²) in [6, 6.07) is 12.1. The Kier molecular flexibility index (Phi) is 5.94. The number of methoxy groups -OCH3 is 2. The summed E-state index contributed by atoms with van der Waals surface area (Å²) in [6.45, 7) is 2.15. The molecule has 0 radical (unpaired) electrons. The molecule has 0 spiro atoms.